The first kappa shape index (κ1) is 14.8. The molecule has 0 heterocycles. The molecule has 120 valence electrons. The maximum absolute atomic E-state index is 5.85. The summed E-state index contributed by atoms with van der Waals surface area (Å²) in [6, 6.07) is 20.9. The Bertz CT molecular complexity index is 877. The van der Waals surface area contributed by atoms with Crippen LogP contribution in [0.1, 0.15) is 30.4 Å². The number of anilines is 2. The van der Waals surface area contributed by atoms with Gasteiger partial charge in [-0.3, -0.25) is 0 Å². The molecule has 1 aliphatic rings. The summed E-state index contributed by atoms with van der Waals surface area (Å²) in [6.45, 7) is 2.33. The van der Waals surface area contributed by atoms with Crippen molar-refractivity contribution in [3.63, 3.8) is 0 Å². The van der Waals surface area contributed by atoms with E-state index in [2.05, 4.69) is 43.3 Å². The molecule has 1 atom stereocenters. The van der Waals surface area contributed by atoms with Gasteiger partial charge in [0.1, 0.15) is 0 Å². The highest BCUT2D eigenvalue weighted by Gasteiger charge is 2.25. The third-order valence-electron chi connectivity index (χ3n) is 5.12. The van der Waals surface area contributed by atoms with Crippen LogP contribution in [0.2, 0.25) is 0 Å². The molecule has 24 heavy (non-hydrogen) atoms. The molecule has 0 aromatic heterocycles. The van der Waals surface area contributed by atoms with Gasteiger partial charge in [0, 0.05) is 11.4 Å². The Kier molecular flexibility index (Phi) is 3.53. The monoisotopic (exact) mass is 314 g/mol. The number of rotatable bonds is 2. The predicted octanol–water partition coefficient (Wildman–Crippen LogP) is 5.23. The van der Waals surface area contributed by atoms with Crippen LogP contribution in [-0.4, -0.2) is 0 Å². The minimum absolute atomic E-state index is 0.585. The van der Waals surface area contributed by atoms with Crippen LogP contribution in [0.25, 0.3) is 22.3 Å². The average molecular weight is 314 g/mol. The van der Waals surface area contributed by atoms with Crippen LogP contribution in [0.15, 0.2) is 60.7 Å². The summed E-state index contributed by atoms with van der Waals surface area (Å²) in [7, 11) is 0. The Morgan fingerprint density at radius 3 is 1.79 bits per heavy atom. The molecule has 0 saturated heterocycles. The molecule has 2 nitrogen and oxygen atoms in total. The molecule has 0 aliphatic heterocycles. The molecule has 1 aliphatic carbocycles. The Balaban J connectivity index is 1.88. The van der Waals surface area contributed by atoms with Gasteiger partial charge in [0.15, 0.2) is 0 Å². The first-order chi connectivity index (χ1) is 11.6. The van der Waals surface area contributed by atoms with Crippen LogP contribution in [0.4, 0.5) is 11.4 Å². The summed E-state index contributed by atoms with van der Waals surface area (Å²) in [5.74, 6) is 0.585. The fraction of sp³-hybridized carbons (Fsp3) is 0.182. The molecule has 1 unspecified atom stereocenters. The molecule has 3 aromatic carbocycles. The van der Waals surface area contributed by atoms with E-state index in [1.54, 1.807) is 0 Å². The van der Waals surface area contributed by atoms with Gasteiger partial charge in [-0.05, 0) is 76.4 Å². The van der Waals surface area contributed by atoms with Crippen LogP contribution < -0.4 is 11.5 Å². The first-order valence-electron chi connectivity index (χ1n) is 8.51. The van der Waals surface area contributed by atoms with Gasteiger partial charge < -0.3 is 11.5 Å². The lowest BCUT2D eigenvalue weighted by molar-refractivity contribution is 0.748. The standard InChI is InChI=1S/C22H22N2/c1-14-2-11-21-19(15-3-7-17(23)8-4-15)12-13-20(22(14)21)16-5-9-18(24)10-6-16/h3-10,12-14H,2,11,23-24H2,1H3. The zero-order valence-corrected chi connectivity index (χ0v) is 13.9. The average Bonchev–Trinajstić information content (AvgIpc) is 2.98. The molecule has 2 heteroatoms. The summed E-state index contributed by atoms with van der Waals surface area (Å²) in [5.41, 5.74) is 21.5. The molecule has 4 N–H and O–H groups in total. The van der Waals surface area contributed by atoms with Crippen LogP contribution in [0.3, 0.4) is 0 Å². The van der Waals surface area contributed by atoms with E-state index >= 15 is 0 Å². The molecule has 4 rings (SSSR count). The molecule has 0 fully saturated rings. The largest absolute Gasteiger partial charge is 0.399 e. The summed E-state index contributed by atoms with van der Waals surface area (Å²) >= 11 is 0. The Morgan fingerprint density at radius 2 is 1.21 bits per heavy atom. The lowest BCUT2D eigenvalue weighted by Crippen LogP contribution is -1.96. The summed E-state index contributed by atoms with van der Waals surface area (Å²) < 4.78 is 0. The Morgan fingerprint density at radius 1 is 0.708 bits per heavy atom. The van der Waals surface area contributed by atoms with E-state index in [1.165, 1.54) is 39.8 Å². The van der Waals surface area contributed by atoms with Crippen LogP contribution >= 0.6 is 0 Å². The second-order valence-corrected chi connectivity index (χ2v) is 6.74. The highest BCUT2D eigenvalue weighted by molar-refractivity contribution is 5.79. The van der Waals surface area contributed by atoms with Gasteiger partial charge in [0.05, 0.1) is 0 Å². The summed E-state index contributed by atoms with van der Waals surface area (Å²) in [5, 5.41) is 0. The zero-order valence-electron chi connectivity index (χ0n) is 13.9. The van der Waals surface area contributed by atoms with E-state index in [9.17, 15) is 0 Å². The SMILES string of the molecule is CC1CCc2c(-c3ccc(N)cc3)ccc(-c3ccc(N)cc3)c21. The molecular weight excluding hydrogens is 292 g/mol. The van der Waals surface area contributed by atoms with Gasteiger partial charge in [0.2, 0.25) is 0 Å². The first-order valence-corrected chi connectivity index (χ1v) is 8.51. The predicted molar refractivity (Wildman–Crippen MR) is 103 cm³/mol. The number of hydrogen-bond donors (Lipinski definition) is 2. The maximum atomic E-state index is 5.85. The van der Waals surface area contributed by atoms with Crippen LogP contribution in [-0.2, 0) is 6.42 Å². The van der Waals surface area contributed by atoms with E-state index in [1.807, 2.05) is 24.3 Å². The fourth-order valence-corrected chi connectivity index (χ4v) is 3.85. The molecule has 0 spiro atoms. The van der Waals surface area contributed by atoms with Crippen LogP contribution in [0, 0.1) is 0 Å². The number of fused-ring (bicyclic) bond motifs is 1. The van der Waals surface area contributed by atoms with Crippen molar-refractivity contribution >= 4 is 11.4 Å². The highest BCUT2D eigenvalue weighted by Crippen LogP contribution is 2.44. The molecule has 0 bridgehead atoms. The quantitative estimate of drug-likeness (QED) is 0.636. The summed E-state index contributed by atoms with van der Waals surface area (Å²) in [6.07, 6.45) is 2.35. The van der Waals surface area contributed by atoms with Crippen molar-refractivity contribution in [2.75, 3.05) is 11.5 Å². The van der Waals surface area contributed by atoms with E-state index in [4.69, 9.17) is 11.5 Å². The van der Waals surface area contributed by atoms with E-state index in [0.717, 1.165) is 17.8 Å². The second kappa shape index (κ2) is 5.72. The maximum Gasteiger partial charge on any atom is 0.0314 e. The topological polar surface area (TPSA) is 52.0 Å². The number of hydrogen-bond acceptors (Lipinski definition) is 2. The highest BCUT2D eigenvalue weighted by atomic mass is 14.5. The van der Waals surface area contributed by atoms with Crippen molar-refractivity contribution in [1.82, 2.24) is 0 Å². The Labute approximate surface area is 143 Å². The third-order valence-corrected chi connectivity index (χ3v) is 5.12. The third kappa shape index (κ3) is 2.44. The Hall–Kier alpha value is -2.74. The van der Waals surface area contributed by atoms with E-state index in [0.29, 0.717) is 5.92 Å². The smallest absolute Gasteiger partial charge is 0.0314 e. The molecule has 0 radical (unpaired) electrons. The molecule has 3 aromatic rings. The van der Waals surface area contributed by atoms with Gasteiger partial charge in [-0.1, -0.05) is 43.3 Å². The van der Waals surface area contributed by atoms with Crippen molar-refractivity contribution < 1.29 is 0 Å². The van der Waals surface area contributed by atoms with Crippen LogP contribution in [0.5, 0.6) is 0 Å². The number of benzene rings is 3. The van der Waals surface area contributed by atoms with E-state index < -0.39 is 0 Å². The van der Waals surface area contributed by atoms with E-state index in [-0.39, 0.29) is 0 Å². The van der Waals surface area contributed by atoms with Crippen molar-refractivity contribution in [3.8, 4) is 22.3 Å². The van der Waals surface area contributed by atoms with Gasteiger partial charge in [-0.15, -0.1) is 0 Å². The lowest BCUT2D eigenvalue weighted by Gasteiger charge is -2.16. The van der Waals surface area contributed by atoms with Crippen molar-refractivity contribution in [2.45, 2.75) is 25.7 Å². The molecule has 0 amide bonds. The van der Waals surface area contributed by atoms with Gasteiger partial charge in [-0.25, -0.2) is 0 Å². The van der Waals surface area contributed by atoms with Crippen molar-refractivity contribution in [2.24, 2.45) is 0 Å². The van der Waals surface area contributed by atoms with Gasteiger partial charge in [-0.2, -0.15) is 0 Å². The normalized spacial score (nSPS) is 16.1. The fourth-order valence-electron chi connectivity index (χ4n) is 3.85. The zero-order chi connectivity index (χ0) is 16.7. The van der Waals surface area contributed by atoms with Gasteiger partial charge >= 0.3 is 0 Å². The van der Waals surface area contributed by atoms with Gasteiger partial charge in [0.25, 0.3) is 0 Å². The number of nitrogen functional groups attached to an aromatic ring is 2. The van der Waals surface area contributed by atoms with Crippen molar-refractivity contribution in [3.05, 3.63) is 71.8 Å². The molecular formula is C22H22N2. The minimum atomic E-state index is 0.585. The summed E-state index contributed by atoms with van der Waals surface area (Å²) in [4.78, 5) is 0. The minimum Gasteiger partial charge on any atom is -0.399 e. The number of nitrogens with two attached hydrogens (primary N) is 2. The molecule has 0 saturated carbocycles. The lowest BCUT2D eigenvalue weighted by atomic mass is 9.88. The van der Waals surface area contributed by atoms with Crippen molar-refractivity contribution in [1.29, 1.82) is 0 Å². The second-order valence-electron chi connectivity index (χ2n) is 6.74.